The second-order valence-corrected chi connectivity index (χ2v) is 6.42. The molecule has 0 saturated heterocycles. The van der Waals surface area contributed by atoms with E-state index in [-0.39, 0.29) is 18.1 Å². The minimum absolute atomic E-state index is 0.0377. The number of hydrogen-bond acceptors (Lipinski definition) is 2. The molecule has 102 valence electrons. The van der Waals surface area contributed by atoms with Crippen LogP contribution in [-0.4, -0.2) is 17.8 Å². The summed E-state index contributed by atoms with van der Waals surface area (Å²) in [5.41, 5.74) is 10.1. The molecule has 0 fully saturated rings. The fourth-order valence-corrected chi connectivity index (χ4v) is 2.40. The molecule has 1 aromatic carbocycles. The van der Waals surface area contributed by atoms with Crippen molar-refractivity contribution in [2.45, 2.75) is 58.4 Å². The highest BCUT2D eigenvalue weighted by Crippen LogP contribution is 2.31. The Balaban J connectivity index is 3.30. The average Bonchev–Trinajstić information content (AvgIpc) is 2.27. The number of aliphatic hydroxyl groups is 1. The highest BCUT2D eigenvalue weighted by Gasteiger charge is 2.21. The number of rotatable bonds is 4. The van der Waals surface area contributed by atoms with Gasteiger partial charge in [-0.05, 0) is 34.4 Å². The molecular weight excluding hydrogens is 222 g/mol. The molecule has 1 aromatic rings. The van der Waals surface area contributed by atoms with E-state index in [2.05, 4.69) is 52.8 Å². The van der Waals surface area contributed by atoms with Gasteiger partial charge in [0.2, 0.25) is 0 Å². The zero-order valence-electron chi connectivity index (χ0n) is 12.3. The molecule has 0 aromatic heterocycles. The average molecular weight is 249 g/mol. The third-order valence-corrected chi connectivity index (χ3v) is 3.34. The SMILES string of the molecule is CC(C)c1cccc(C(C)(C)C)c1C[C@@H](N)CO. The van der Waals surface area contributed by atoms with Crippen LogP contribution < -0.4 is 5.73 Å². The van der Waals surface area contributed by atoms with Crippen LogP contribution in [0.15, 0.2) is 18.2 Å². The number of benzene rings is 1. The van der Waals surface area contributed by atoms with E-state index in [0.717, 1.165) is 6.42 Å². The Morgan fingerprint density at radius 2 is 1.83 bits per heavy atom. The maximum Gasteiger partial charge on any atom is 0.0585 e. The molecule has 0 saturated carbocycles. The molecule has 1 rings (SSSR count). The smallest absolute Gasteiger partial charge is 0.0585 e. The topological polar surface area (TPSA) is 46.2 Å². The lowest BCUT2D eigenvalue weighted by atomic mass is 9.78. The summed E-state index contributed by atoms with van der Waals surface area (Å²) >= 11 is 0. The van der Waals surface area contributed by atoms with E-state index in [1.54, 1.807) is 0 Å². The summed E-state index contributed by atoms with van der Waals surface area (Å²) in [5.74, 6) is 0.480. The van der Waals surface area contributed by atoms with Gasteiger partial charge in [-0.2, -0.15) is 0 Å². The van der Waals surface area contributed by atoms with Crippen LogP contribution in [0.25, 0.3) is 0 Å². The Labute approximate surface area is 111 Å². The molecule has 18 heavy (non-hydrogen) atoms. The normalized spacial score (nSPS) is 14.0. The van der Waals surface area contributed by atoms with Crippen LogP contribution in [0, 0.1) is 0 Å². The van der Waals surface area contributed by atoms with Crippen molar-refractivity contribution in [2.75, 3.05) is 6.61 Å². The molecule has 2 nitrogen and oxygen atoms in total. The Kier molecular flexibility index (Phi) is 4.94. The van der Waals surface area contributed by atoms with Crippen LogP contribution in [0.2, 0.25) is 0 Å². The van der Waals surface area contributed by atoms with E-state index in [1.807, 2.05) is 0 Å². The van der Waals surface area contributed by atoms with Gasteiger partial charge in [-0.25, -0.2) is 0 Å². The first kappa shape index (κ1) is 15.2. The molecule has 0 aliphatic carbocycles. The maximum atomic E-state index is 9.19. The predicted molar refractivity (Wildman–Crippen MR) is 78.0 cm³/mol. The fourth-order valence-electron chi connectivity index (χ4n) is 2.40. The fraction of sp³-hybridized carbons (Fsp3) is 0.625. The third kappa shape index (κ3) is 3.56. The molecule has 0 spiro atoms. The van der Waals surface area contributed by atoms with Gasteiger partial charge >= 0.3 is 0 Å². The van der Waals surface area contributed by atoms with Crippen LogP contribution in [0.3, 0.4) is 0 Å². The second kappa shape index (κ2) is 5.85. The Morgan fingerprint density at radius 3 is 2.28 bits per heavy atom. The first-order chi connectivity index (χ1) is 8.27. The van der Waals surface area contributed by atoms with Crippen molar-refractivity contribution in [3.63, 3.8) is 0 Å². The molecule has 1 atom stereocenters. The summed E-state index contributed by atoms with van der Waals surface area (Å²) < 4.78 is 0. The molecule has 0 heterocycles. The van der Waals surface area contributed by atoms with Gasteiger partial charge in [0.15, 0.2) is 0 Å². The van der Waals surface area contributed by atoms with Gasteiger partial charge in [-0.3, -0.25) is 0 Å². The largest absolute Gasteiger partial charge is 0.395 e. The van der Waals surface area contributed by atoms with Crippen LogP contribution in [0.5, 0.6) is 0 Å². The van der Waals surface area contributed by atoms with Crippen LogP contribution in [0.1, 0.15) is 57.2 Å². The minimum Gasteiger partial charge on any atom is -0.395 e. The molecule has 3 N–H and O–H groups in total. The van der Waals surface area contributed by atoms with Gasteiger partial charge in [0.25, 0.3) is 0 Å². The lowest BCUT2D eigenvalue weighted by Crippen LogP contribution is -2.29. The van der Waals surface area contributed by atoms with E-state index in [9.17, 15) is 5.11 Å². The Hall–Kier alpha value is -0.860. The first-order valence-corrected chi connectivity index (χ1v) is 6.76. The molecule has 0 radical (unpaired) electrons. The van der Waals surface area contributed by atoms with Gasteiger partial charge in [-0.1, -0.05) is 52.8 Å². The Morgan fingerprint density at radius 1 is 1.22 bits per heavy atom. The summed E-state index contributed by atoms with van der Waals surface area (Å²) in [6, 6.07) is 6.32. The van der Waals surface area contributed by atoms with Crippen molar-refractivity contribution >= 4 is 0 Å². The van der Waals surface area contributed by atoms with E-state index in [1.165, 1.54) is 16.7 Å². The number of aliphatic hydroxyl groups excluding tert-OH is 1. The lowest BCUT2D eigenvalue weighted by Gasteiger charge is -2.27. The van der Waals surface area contributed by atoms with Crippen LogP contribution in [-0.2, 0) is 11.8 Å². The summed E-state index contributed by atoms with van der Waals surface area (Å²) in [6.45, 7) is 11.1. The molecule has 2 heteroatoms. The number of hydrogen-bond donors (Lipinski definition) is 2. The summed E-state index contributed by atoms with van der Waals surface area (Å²) in [5, 5.41) is 9.19. The highest BCUT2D eigenvalue weighted by molar-refractivity contribution is 5.41. The van der Waals surface area contributed by atoms with E-state index in [0.29, 0.717) is 5.92 Å². The number of nitrogens with two attached hydrogens (primary N) is 1. The van der Waals surface area contributed by atoms with Gasteiger partial charge in [-0.15, -0.1) is 0 Å². The zero-order chi connectivity index (χ0) is 13.9. The summed E-state index contributed by atoms with van der Waals surface area (Å²) in [4.78, 5) is 0. The van der Waals surface area contributed by atoms with Crippen molar-refractivity contribution in [3.8, 4) is 0 Å². The molecule has 0 unspecified atom stereocenters. The summed E-state index contributed by atoms with van der Waals surface area (Å²) in [7, 11) is 0. The van der Waals surface area contributed by atoms with E-state index in [4.69, 9.17) is 5.73 Å². The molecule has 0 aliphatic rings. The van der Waals surface area contributed by atoms with Crippen molar-refractivity contribution in [1.82, 2.24) is 0 Å². The first-order valence-electron chi connectivity index (χ1n) is 6.76. The van der Waals surface area contributed by atoms with Gasteiger partial charge < -0.3 is 10.8 Å². The predicted octanol–water partition coefficient (Wildman–Crippen LogP) is 2.97. The zero-order valence-corrected chi connectivity index (χ0v) is 12.3. The molecule has 0 amide bonds. The molecule has 0 bridgehead atoms. The third-order valence-electron chi connectivity index (χ3n) is 3.34. The van der Waals surface area contributed by atoms with Crippen molar-refractivity contribution in [1.29, 1.82) is 0 Å². The molecular formula is C16H27NO. The maximum absolute atomic E-state index is 9.19. The lowest BCUT2D eigenvalue weighted by molar-refractivity contribution is 0.264. The van der Waals surface area contributed by atoms with Gasteiger partial charge in [0, 0.05) is 6.04 Å². The minimum atomic E-state index is -0.175. The van der Waals surface area contributed by atoms with Crippen molar-refractivity contribution in [3.05, 3.63) is 34.9 Å². The monoisotopic (exact) mass is 249 g/mol. The standard InChI is InChI=1S/C16H27NO/c1-11(2)13-7-6-8-15(16(3,4)5)14(13)9-12(17)10-18/h6-8,11-12,18H,9-10,17H2,1-5H3/t12-/m1/s1. The second-order valence-electron chi connectivity index (χ2n) is 6.42. The van der Waals surface area contributed by atoms with Crippen molar-refractivity contribution in [2.24, 2.45) is 5.73 Å². The Bertz CT molecular complexity index is 391. The van der Waals surface area contributed by atoms with Crippen LogP contribution >= 0.6 is 0 Å². The van der Waals surface area contributed by atoms with Gasteiger partial charge in [0.1, 0.15) is 0 Å². The highest BCUT2D eigenvalue weighted by atomic mass is 16.3. The van der Waals surface area contributed by atoms with Crippen molar-refractivity contribution < 1.29 is 5.11 Å². The van der Waals surface area contributed by atoms with E-state index >= 15 is 0 Å². The quantitative estimate of drug-likeness (QED) is 0.861. The summed E-state index contributed by atoms with van der Waals surface area (Å²) in [6.07, 6.45) is 0.747. The molecule has 0 aliphatic heterocycles. The van der Waals surface area contributed by atoms with Crippen LogP contribution in [0.4, 0.5) is 0 Å². The van der Waals surface area contributed by atoms with E-state index < -0.39 is 0 Å². The van der Waals surface area contributed by atoms with Gasteiger partial charge in [0.05, 0.1) is 6.61 Å².